The number of hydrogen-bond acceptors (Lipinski definition) is 6. The van der Waals surface area contributed by atoms with Crippen molar-refractivity contribution in [3.63, 3.8) is 0 Å². The second-order valence-corrected chi connectivity index (χ2v) is 6.85. The number of benzene rings is 1. The predicted molar refractivity (Wildman–Crippen MR) is 96.8 cm³/mol. The first-order valence-corrected chi connectivity index (χ1v) is 8.75. The first-order chi connectivity index (χ1) is 12.1. The monoisotopic (exact) mass is 352 g/mol. The van der Waals surface area contributed by atoms with Crippen molar-refractivity contribution in [2.45, 2.75) is 26.7 Å². The molecular formula is C17H16N6OS. The number of nitrogens with one attached hydrogen (secondary N) is 1. The molecule has 0 aliphatic rings. The Morgan fingerprint density at radius 1 is 1.28 bits per heavy atom. The molecule has 3 aromatic heterocycles. The summed E-state index contributed by atoms with van der Waals surface area (Å²) >= 11 is 1.48. The maximum absolute atomic E-state index is 12.3. The molecule has 4 aromatic rings. The quantitative estimate of drug-likeness (QED) is 0.610. The summed E-state index contributed by atoms with van der Waals surface area (Å²) in [6, 6.07) is 7.83. The molecule has 0 fully saturated rings. The van der Waals surface area contributed by atoms with Crippen LogP contribution >= 0.6 is 11.3 Å². The van der Waals surface area contributed by atoms with Crippen LogP contribution in [0.25, 0.3) is 15.9 Å². The van der Waals surface area contributed by atoms with Crippen molar-refractivity contribution in [2.75, 3.05) is 5.32 Å². The largest absolute Gasteiger partial charge is 0.302 e. The van der Waals surface area contributed by atoms with Crippen LogP contribution in [0.1, 0.15) is 23.2 Å². The molecule has 0 radical (unpaired) electrons. The lowest BCUT2D eigenvalue weighted by Crippen LogP contribution is -2.13. The van der Waals surface area contributed by atoms with Gasteiger partial charge in [0.25, 0.3) is 0 Å². The molecule has 1 aromatic carbocycles. The van der Waals surface area contributed by atoms with E-state index in [-0.39, 0.29) is 5.91 Å². The zero-order chi connectivity index (χ0) is 17.4. The molecule has 0 saturated heterocycles. The Labute approximate surface area is 147 Å². The fourth-order valence-electron chi connectivity index (χ4n) is 2.89. The number of carbonyl (C=O) groups is 1. The van der Waals surface area contributed by atoms with Crippen molar-refractivity contribution in [1.82, 2.24) is 24.8 Å². The van der Waals surface area contributed by atoms with E-state index in [9.17, 15) is 4.79 Å². The Kier molecular flexibility index (Phi) is 3.89. The van der Waals surface area contributed by atoms with Crippen LogP contribution in [0.5, 0.6) is 0 Å². The van der Waals surface area contributed by atoms with Gasteiger partial charge in [0.1, 0.15) is 6.33 Å². The Hall–Kier alpha value is -2.87. The van der Waals surface area contributed by atoms with Gasteiger partial charge in [-0.1, -0.05) is 23.5 Å². The van der Waals surface area contributed by atoms with E-state index >= 15 is 0 Å². The van der Waals surface area contributed by atoms with Gasteiger partial charge in [-0.15, -0.1) is 10.2 Å². The number of rotatable bonds is 4. The summed E-state index contributed by atoms with van der Waals surface area (Å²) in [5.41, 5.74) is 4.57. The average molecular weight is 352 g/mol. The molecule has 0 aliphatic carbocycles. The number of anilines is 1. The summed E-state index contributed by atoms with van der Waals surface area (Å²) in [7, 11) is 0. The third-order valence-corrected chi connectivity index (χ3v) is 5.11. The minimum atomic E-state index is -0.0563. The summed E-state index contributed by atoms with van der Waals surface area (Å²) in [6.07, 6.45) is 2.55. The molecule has 0 unspecified atom stereocenters. The molecule has 0 spiro atoms. The van der Waals surface area contributed by atoms with E-state index in [0.717, 1.165) is 32.7 Å². The normalized spacial score (nSPS) is 11.3. The lowest BCUT2D eigenvalue weighted by atomic mass is 10.0. The third kappa shape index (κ3) is 2.96. The average Bonchev–Trinajstić information content (AvgIpc) is 3.20. The molecule has 1 N–H and O–H groups in total. The Bertz CT molecular complexity index is 1050. The van der Waals surface area contributed by atoms with Crippen molar-refractivity contribution >= 4 is 38.2 Å². The molecule has 0 bridgehead atoms. The van der Waals surface area contributed by atoms with Crippen molar-refractivity contribution in [2.24, 2.45) is 0 Å². The SMILES string of the molecule is Cc1nn2cnnc2c(C)c1CCC(=O)Nc1nc2ccccc2s1. The smallest absolute Gasteiger partial charge is 0.226 e. The standard InChI is InChI=1S/C17H16N6OS/c1-10-12(11(2)22-23-9-18-21-16(10)23)7-8-15(24)20-17-19-13-5-3-4-6-14(13)25-17/h3-6,9H,7-8H2,1-2H3,(H,19,20,24). The molecule has 3 heterocycles. The van der Waals surface area contributed by atoms with Crippen LogP contribution in [0.15, 0.2) is 30.6 Å². The summed E-state index contributed by atoms with van der Waals surface area (Å²) in [6.45, 7) is 3.92. The lowest BCUT2D eigenvalue weighted by molar-refractivity contribution is -0.116. The van der Waals surface area contributed by atoms with Gasteiger partial charge in [-0.05, 0) is 38.0 Å². The molecule has 0 saturated carbocycles. The lowest BCUT2D eigenvalue weighted by Gasteiger charge is -2.09. The van der Waals surface area contributed by atoms with E-state index in [2.05, 4.69) is 25.6 Å². The molecular weight excluding hydrogens is 336 g/mol. The Morgan fingerprint density at radius 3 is 2.96 bits per heavy atom. The van der Waals surface area contributed by atoms with Crippen LogP contribution in [0, 0.1) is 13.8 Å². The zero-order valence-corrected chi connectivity index (χ0v) is 14.7. The second-order valence-electron chi connectivity index (χ2n) is 5.82. The number of aryl methyl sites for hydroxylation is 2. The van der Waals surface area contributed by atoms with Gasteiger partial charge in [0.15, 0.2) is 10.8 Å². The molecule has 8 heteroatoms. The highest BCUT2D eigenvalue weighted by Crippen LogP contribution is 2.25. The van der Waals surface area contributed by atoms with E-state index in [4.69, 9.17) is 0 Å². The maximum atomic E-state index is 12.3. The number of hydrogen-bond donors (Lipinski definition) is 1. The van der Waals surface area contributed by atoms with E-state index in [1.807, 2.05) is 38.1 Å². The van der Waals surface area contributed by atoms with Crippen LogP contribution in [-0.4, -0.2) is 30.7 Å². The van der Waals surface area contributed by atoms with Gasteiger partial charge in [0, 0.05) is 12.0 Å². The van der Waals surface area contributed by atoms with Crippen molar-refractivity contribution in [1.29, 1.82) is 0 Å². The minimum absolute atomic E-state index is 0.0563. The first kappa shape index (κ1) is 15.6. The number of para-hydroxylation sites is 1. The van der Waals surface area contributed by atoms with Gasteiger partial charge in [-0.2, -0.15) is 5.10 Å². The van der Waals surface area contributed by atoms with Gasteiger partial charge in [-0.25, -0.2) is 9.50 Å². The van der Waals surface area contributed by atoms with Crippen molar-refractivity contribution in [3.05, 3.63) is 47.4 Å². The minimum Gasteiger partial charge on any atom is -0.302 e. The highest BCUT2D eigenvalue weighted by molar-refractivity contribution is 7.22. The van der Waals surface area contributed by atoms with E-state index in [0.29, 0.717) is 18.0 Å². The molecule has 126 valence electrons. The summed E-state index contributed by atoms with van der Waals surface area (Å²) in [5, 5.41) is 15.9. The van der Waals surface area contributed by atoms with Crippen LogP contribution < -0.4 is 5.32 Å². The topological polar surface area (TPSA) is 85.1 Å². The number of fused-ring (bicyclic) bond motifs is 2. The Morgan fingerprint density at radius 2 is 2.12 bits per heavy atom. The molecule has 0 atom stereocenters. The first-order valence-electron chi connectivity index (χ1n) is 7.93. The van der Waals surface area contributed by atoms with Gasteiger partial charge < -0.3 is 5.32 Å². The summed E-state index contributed by atoms with van der Waals surface area (Å²) in [5.74, 6) is -0.0563. The number of nitrogens with zero attached hydrogens (tertiary/aromatic N) is 5. The molecule has 25 heavy (non-hydrogen) atoms. The highest BCUT2D eigenvalue weighted by Gasteiger charge is 2.13. The number of carbonyl (C=O) groups excluding carboxylic acids is 1. The molecule has 1 amide bonds. The fraction of sp³-hybridized carbons (Fsp3) is 0.235. The summed E-state index contributed by atoms with van der Waals surface area (Å²) < 4.78 is 2.72. The number of thiazole rings is 1. The van der Waals surface area contributed by atoms with Gasteiger partial charge in [-0.3, -0.25) is 4.79 Å². The predicted octanol–water partition coefficient (Wildman–Crippen LogP) is 2.92. The van der Waals surface area contributed by atoms with E-state index < -0.39 is 0 Å². The third-order valence-electron chi connectivity index (χ3n) is 4.16. The van der Waals surface area contributed by atoms with Gasteiger partial charge in [0.2, 0.25) is 5.91 Å². The zero-order valence-electron chi connectivity index (χ0n) is 13.9. The molecule has 4 rings (SSSR count). The van der Waals surface area contributed by atoms with Crippen LogP contribution in [0.3, 0.4) is 0 Å². The van der Waals surface area contributed by atoms with Crippen LogP contribution in [0.4, 0.5) is 5.13 Å². The number of aromatic nitrogens is 5. The maximum Gasteiger partial charge on any atom is 0.226 e. The molecule has 7 nitrogen and oxygen atoms in total. The Balaban J connectivity index is 1.48. The number of amides is 1. The van der Waals surface area contributed by atoms with Gasteiger partial charge in [0.05, 0.1) is 15.9 Å². The van der Waals surface area contributed by atoms with E-state index in [1.165, 1.54) is 11.3 Å². The van der Waals surface area contributed by atoms with E-state index in [1.54, 1.807) is 10.8 Å². The van der Waals surface area contributed by atoms with Crippen LogP contribution in [-0.2, 0) is 11.2 Å². The second kappa shape index (κ2) is 6.21. The fourth-order valence-corrected chi connectivity index (χ4v) is 3.77. The van der Waals surface area contributed by atoms with Crippen molar-refractivity contribution < 1.29 is 4.79 Å². The summed E-state index contributed by atoms with van der Waals surface area (Å²) in [4.78, 5) is 16.7. The van der Waals surface area contributed by atoms with Gasteiger partial charge >= 0.3 is 0 Å². The van der Waals surface area contributed by atoms with Crippen LogP contribution in [0.2, 0.25) is 0 Å². The molecule has 0 aliphatic heterocycles. The highest BCUT2D eigenvalue weighted by atomic mass is 32.1. The van der Waals surface area contributed by atoms with Crippen molar-refractivity contribution in [3.8, 4) is 0 Å².